The predicted molar refractivity (Wildman–Crippen MR) is 68.8 cm³/mol. The van der Waals surface area contributed by atoms with Gasteiger partial charge in [0.2, 0.25) is 5.91 Å². The van der Waals surface area contributed by atoms with Gasteiger partial charge in [0.25, 0.3) is 0 Å². The minimum absolute atomic E-state index is 0.0850. The molecule has 18 heavy (non-hydrogen) atoms. The molecule has 1 radical (unpaired) electrons. The number of rotatable bonds is 0. The van der Waals surface area contributed by atoms with Gasteiger partial charge in [-0.3, -0.25) is 14.7 Å². The zero-order valence-electron chi connectivity index (χ0n) is 9.71. The summed E-state index contributed by atoms with van der Waals surface area (Å²) in [7, 11) is 0. The lowest BCUT2D eigenvalue weighted by Gasteiger charge is -2.30. The van der Waals surface area contributed by atoms with Gasteiger partial charge in [0.1, 0.15) is 11.8 Å². The first-order valence-electron chi connectivity index (χ1n) is 6.04. The number of hydrogen-bond donors (Lipinski definition) is 0. The van der Waals surface area contributed by atoms with Crippen LogP contribution in [0.15, 0.2) is 53.6 Å². The first-order chi connectivity index (χ1) is 8.84. The fourth-order valence-electron chi connectivity index (χ4n) is 2.70. The third-order valence-electron chi connectivity index (χ3n) is 3.59. The Morgan fingerprint density at radius 2 is 2.11 bits per heavy atom. The highest BCUT2D eigenvalue weighted by Gasteiger charge is 2.41. The molecule has 0 saturated carbocycles. The van der Waals surface area contributed by atoms with Gasteiger partial charge in [0.15, 0.2) is 0 Å². The van der Waals surface area contributed by atoms with Gasteiger partial charge < -0.3 is 0 Å². The zero-order chi connectivity index (χ0) is 12.1. The Kier molecular flexibility index (Phi) is 1.87. The molecule has 0 bridgehead atoms. The zero-order valence-corrected chi connectivity index (χ0v) is 9.71. The molecule has 1 aromatic rings. The molecule has 1 aromatic carbocycles. The van der Waals surface area contributed by atoms with Crippen molar-refractivity contribution in [3.63, 3.8) is 0 Å². The molecule has 3 nitrogen and oxygen atoms in total. The summed E-state index contributed by atoms with van der Waals surface area (Å²) in [6.07, 6.45) is 7.68. The van der Waals surface area contributed by atoms with Gasteiger partial charge in [-0.2, -0.15) is 0 Å². The molecule has 3 aliphatic rings. The summed E-state index contributed by atoms with van der Waals surface area (Å²) in [5.41, 5.74) is 2.27. The molecule has 4 rings (SSSR count). The Hall–Kier alpha value is -2.16. The van der Waals surface area contributed by atoms with E-state index in [4.69, 9.17) is 4.99 Å². The summed E-state index contributed by atoms with van der Waals surface area (Å²) in [5.74, 6) is 1.68. The molecule has 1 unspecified atom stereocenters. The van der Waals surface area contributed by atoms with Gasteiger partial charge in [-0.1, -0.05) is 48.6 Å². The van der Waals surface area contributed by atoms with E-state index in [9.17, 15) is 4.79 Å². The van der Waals surface area contributed by atoms with E-state index in [1.807, 2.05) is 42.5 Å². The van der Waals surface area contributed by atoms with E-state index in [2.05, 4.69) is 6.07 Å². The summed E-state index contributed by atoms with van der Waals surface area (Å²) in [4.78, 5) is 18.9. The van der Waals surface area contributed by atoms with Crippen molar-refractivity contribution in [2.24, 2.45) is 4.99 Å². The van der Waals surface area contributed by atoms with Crippen molar-refractivity contribution in [1.82, 2.24) is 4.90 Å². The molecule has 2 heterocycles. The number of fused-ring (bicyclic) bond motifs is 4. The first kappa shape index (κ1) is 9.83. The van der Waals surface area contributed by atoms with Crippen LogP contribution in [0.1, 0.15) is 11.1 Å². The average molecular weight is 235 g/mol. The van der Waals surface area contributed by atoms with E-state index in [-0.39, 0.29) is 11.9 Å². The average Bonchev–Trinajstić information content (AvgIpc) is 2.79. The summed E-state index contributed by atoms with van der Waals surface area (Å²) in [6, 6.07) is 7.98. The summed E-state index contributed by atoms with van der Waals surface area (Å²) >= 11 is 0. The van der Waals surface area contributed by atoms with Crippen LogP contribution in [-0.4, -0.2) is 22.7 Å². The summed E-state index contributed by atoms with van der Waals surface area (Å²) in [5, 5.41) is 0. The third-order valence-corrected chi connectivity index (χ3v) is 3.59. The summed E-state index contributed by atoms with van der Waals surface area (Å²) in [6.45, 7) is 0.640. The second-order valence-electron chi connectivity index (χ2n) is 4.65. The van der Waals surface area contributed by atoms with Crippen LogP contribution in [0, 0.1) is 5.92 Å². The van der Waals surface area contributed by atoms with Crippen molar-refractivity contribution in [2.45, 2.75) is 12.6 Å². The minimum Gasteiger partial charge on any atom is -0.291 e. The Labute approximate surface area is 105 Å². The van der Waals surface area contributed by atoms with Crippen LogP contribution in [0.3, 0.4) is 0 Å². The molecule has 1 amide bonds. The molecular weight excluding hydrogens is 224 g/mol. The SMILES string of the molecule is O=C1[C]2C=CC=CC2N=C2c3ccccc3CN12. The molecule has 0 saturated heterocycles. The van der Waals surface area contributed by atoms with Crippen LogP contribution >= 0.6 is 0 Å². The minimum atomic E-state index is -0.111. The lowest BCUT2D eigenvalue weighted by molar-refractivity contribution is -0.125. The smallest absolute Gasteiger partial charge is 0.242 e. The van der Waals surface area contributed by atoms with E-state index in [1.165, 1.54) is 5.56 Å². The molecular formula is C15H11N2O. The fourth-order valence-corrected chi connectivity index (χ4v) is 2.70. The van der Waals surface area contributed by atoms with Crippen LogP contribution < -0.4 is 0 Å². The van der Waals surface area contributed by atoms with Crippen LogP contribution in [0.25, 0.3) is 0 Å². The van der Waals surface area contributed by atoms with Gasteiger partial charge >= 0.3 is 0 Å². The number of amidine groups is 1. The van der Waals surface area contributed by atoms with Gasteiger partial charge in [-0.25, -0.2) is 0 Å². The lowest BCUT2D eigenvalue weighted by atomic mass is 9.92. The quantitative estimate of drug-likeness (QED) is 0.675. The number of nitrogens with zero attached hydrogens (tertiary/aromatic N) is 2. The van der Waals surface area contributed by atoms with Crippen LogP contribution in [-0.2, 0) is 11.3 Å². The van der Waals surface area contributed by atoms with Gasteiger partial charge in [0.05, 0.1) is 12.6 Å². The van der Waals surface area contributed by atoms with Gasteiger partial charge in [-0.05, 0) is 5.56 Å². The molecule has 1 atom stereocenters. The molecule has 2 aliphatic heterocycles. The molecule has 0 aromatic heterocycles. The van der Waals surface area contributed by atoms with Crippen LogP contribution in [0.2, 0.25) is 0 Å². The molecule has 3 heteroatoms. The van der Waals surface area contributed by atoms with E-state index in [1.54, 1.807) is 4.90 Å². The fraction of sp³-hybridized carbons (Fsp3) is 0.133. The number of amides is 1. The van der Waals surface area contributed by atoms with Crippen molar-refractivity contribution in [3.05, 3.63) is 65.6 Å². The monoisotopic (exact) mass is 235 g/mol. The Morgan fingerprint density at radius 3 is 3.06 bits per heavy atom. The van der Waals surface area contributed by atoms with Crippen molar-refractivity contribution in [3.8, 4) is 0 Å². The standard InChI is InChI=1S/C15H11N2O/c18-15-12-7-3-4-8-13(12)16-14-11-6-2-1-5-10(11)9-17(14)15/h1-8,13H,9H2. The van der Waals surface area contributed by atoms with Crippen molar-refractivity contribution in [1.29, 1.82) is 0 Å². The number of carbonyl (C=O) groups is 1. The first-order valence-corrected chi connectivity index (χ1v) is 6.04. The van der Waals surface area contributed by atoms with Gasteiger partial charge in [-0.15, -0.1) is 0 Å². The maximum Gasteiger partial charge on any atom is 0.242 e. The number of allylic oxidation sites excluding steroid dienone is 2. The van der Waals surface area contributed by atoms with E-state index in [0.717, 1.165) is 17.3 Å². The molecule has 0 fully saturated rings. The highest BCUT2D eigenvalue weighted by Crippen LogP contribution is 2.33. The normalized spacial score (nSPS) is 24.7. The maximum atomic E-state index is 12.4. The number of benzene rings is 1. The van der Waals surface area contributed by atoms with E-state index in [0.29, 0.717) is 6.54 Å². The topological polar surface area (TPSA) is 32.7 Å². The number of aliphatic imine (C=N–C) groups is 1. The van der Waals surface area contributed by atoms with Crippen LogP contribution in [0.5, 0.6) is 0 Å². The van der Waals surface area contributed by atoms with Crippen molar-refractivity contribution < 1.29 is 4.79 Å². The van der Waals surface area contributed by atoms with E-state index >= 15 is 0 Å². The van der Waals surface area contributed by atoms with Crippen molar-refractivity contribution >= 4 is 11.7 Å². The third kappa shape index (κ3) is 1.19. The molecule has 1 aliphatic carbocycles. The number of carbonyl (C=O) groups excluding carboxylic acids is 1. The Bertz CT molecular complexity index is 627. The molecule has 0 spiro atoms. The Morgan fingerprint density at radius 1 is 1.22 bits per heavy atom. The van der Waals surface area contributed by atoms with E-state index < -0.39 is 0 Å². The van der Waals surface area contributed by atoms with Crippen LogP contribution in [0.4, 0.5) is 0 Å². The Balaban J connectivity index is 1.87. The van der Waals surface area contributed by atoms with Crippen molar-refractivity contribution in [2.75, 3.05) is 0 Å². The van der Waals surface area contributed by atoms with Gasteiger partial charge in [0, 0.05) is 5.56 Å². The maximum absolute atomic E-state index is 12.4. The predicted octanol–water partition coefficient (Wildman–Crippen LogP) is 1.86. The highest BCUT2D eigenvalue weighted by atomic mass is 16.2. The largest absolute Gasteiger partial charge is 0.291 e. The summed E-state index contributed by atoms with van der Waals surface area (Å²) < 4.78 is 0. The number of hydrogen-bond acceptors (Lipinski definition) is 2. The lowest BCUT2D eigenvalue weighted by Crippen LogP contribution is -2.44. The molecule has 87 valence electrons. The molecule has 0 N–H and O–H groups in total. The highest BCUT2D eigenvalue weighted by molar-refractivity contribution is 6.17. The second-order valence-corrected chi connectivity index (χ2v) is 4.65. The second kappa shape index (κ2) is 3.42.